The molecule has 0 bridgehead atoms. The van der Waals surface area contributed by atoms with E-state index in [4.69, 9.17) is 4.74 Å². The van der Waals surface area contributed by atoms with Crippen LogP contribution in [0, 0.1) is 13.8 Å². The van der Waals surface area contributed by atoms with Crippen molar-refractivity contribution in [1.82, 2.24) is 0 Å². The lowest BCUT2D eigenvalue weighted by Crippen LogP contribution is -2.03. The van der Waals surface area contributed by atoms with Gasteiger partial charge in [0.25, 0.3) is 0 Å². The molecule has 2 aromatic carbocycles. The number of hydrogen-bond donors (Lipinski definition) is 1. The molecule has 0 heterocycles. The molecule has 2 nitrogen and oxygen atoms in total. The van der Waals surface area contributed by atoms with Crippen LogP contribution in [0.25, 0.3) is 0 Å². The molecule has 0 radical (unpaired) electrons. The number of rotatable bonds is 4. The summed E-state index contributed by atoms with van der Waals surface area (Å²) in [6.07, 6.45) is 1.41. The minimum Gasteiger partial charge on any atom is -0.496 e. The first-order valence-electron chi connectivity index (χ1n) is 6.54. The number of aliphatic hydroxyl groups excluding tert-OH is 1. The average molecular weight is 288 g/mol. The van der Waals surface area contributed by atoms with Gasteiger partial charge in [-0.15, -0.1) is 11.8 Å². The lowest BCUT2D eigenvalue weighted by Gasteiger charge is -2.18. The van der Waals surface area contributed by atoms with E-state index in [1.165, 1.54) is 0 Å². The molecule has 0 amide bonds. The van der Waals surface area contributed by atoms with E-state index >= 15 is 0 Å². The van der Waals surface area contributed by atoms with Gasteiger partial charge in [0.2, 0.25) is 0 Å². The summed E-state index contributed by atoms with van der Waals surface area (Å²) in [5.41, 5.74) is 3.94. The van der Waals surface area contributed by atoms with Crippen molar-refractivity contribution >= 4 is 11.8 Å². The predicted octanol–water partition coefficient (Wildman–Crippen LogP) is 4.12. The smallest absolute Gasteiger partial charge is 0.124 e. The summed E-state index contributed by atoms with van der Waals surface area (Å²) in [6, 6.07) is 12.0. The van der Waals surface area contributed by atoms with E-state index in [0.717, 1.165) is 32.9 Å². The van der Waals surface area contributed by atoms with Crippen molar-refractivity contribution in [1.29, 1.82) is 0 Å². The minimum atomic E-state index is -0.609. The second-order valence-electron chi connectivity index (χ2n) is 4.83. The molecule has 0 aromatic heterocycles. The Hall–Kier alpha value is -1.45. The zero-order valence-electron chi connectivity index (χ0n) is 12.3. The van der Waals surface area contributed by atoms with Crippen LogP contribution >= 0.6 is 11.8 Å². The molecule has 0 aliphatic carbocycles. The summed E-state index contributed by atoms with van der Waals surface area (Å²) in [5, 5.41) is 10.7. The first-order valence-corrected chi connectivity index (χ1v) is 7.77. The van der Waals surface area contributed by atoms with E-state index in [9.17, 15) is 5.11 Å². The highest BCUT2D eigenvalue weighted by molar-refractivity contribution is 7.98. The molecule has 2 aromatic rings. The Bertz CT molecular complexity index is 585. The van der Waals surface area contributed by atoms with Gasteiger partial charge in [0, 0.05) is 4.90 Å². The highest BCUT2D eigenvalue weighted by atomic mass is 32.2. The molecular formula is C17H20O2S. The van der Waals surface area contributed by atoms with Gasteiger partial charge >= 0.3 is 0 Å². The van der Waals surface area contributed by atoms with Gasteiger partial charge in [-0.1, -0.05) is 18.2 Å². The number of thioether (sulfide) groups is 1. The highest BCUT2D eigenvalue weighted by Gasteiger charge is 2.16. The molecule has 2 rings (SSSR count). The molecule has 1 N–H and O–H groups in total. The monoisotopic (exact) mass is 288 g/mol. The summed E-state index contributed by atoms with van der Waals surface area (Å²) in [6.45, 7) is 4.01. The summed E-state index contributed by atoms with van der Waals surface area (Å²) in [5.74, 6) is 0.888. The summed E-state index contributed by atoms with van der Waals surface area (Å²) in [4.78, 5) is 1.10. The molecule has 3 heteroatoms. The Morgan fingerprint density at radius 2 is 1.70 bits per heavy atom. The van der Waals surface area contributed by atoms with Crippen LogP contribution in [0.3, 0.4) is 0 Å². The molecule has 0 saturated carbocycles. The van der Waals surface area contributed by atoms with Crippen LogP contribution in [0.4, 0.5) is 0 Å². The second kappa shape index (κ2) is 6.33. The molecule has 20 heavy (non-hydrogen) atoms. The number of benzene rings is 2. The van der Waals surface area contributed by atoms with Crippen LogP contribution in [0.15, 0.2) is 41.3 Å². The van der Waals surface area contributed by atoms with Crippen molar-refractivity contribution in [3.8, 4) is 5.75 Å². The number of aliphatic hydroxyl groups is 1. The minimum absolute atomic E-state index is 0.609. The predicted molar refractivity (Wildman–Crippen MR) is 84.8 cm³/mol. The van der Waals surface area contributed by atoms with Gasteiger partial charge in [0.1, 0.15) is 11.9 Å². The average Bonchev–Trinajstić information content (AvgIpc) is 2.46. The molecule has 106 valence electrons. The number of hydrogen-bond acceptors (Lipinski definition) is 3. The van der Waals surface area contributed by atoms with E-state index in [0.29, 0.717) is 0 Å². The summed E-state index contributed by atoms with van der Waals surface area (Å²) < 4.78 is 5.38. The molecule has 0 aliphatic heterocycles. The quantitative estimate of drug-likeness (QED) is 0.858. The van der Waals surface area contributed by atoms with E-state index in [-0.39, 0.29) is 0 Å². The number of methoxy groups -OCH3 is 1. The van der Waals surface area contributed by atoms with E-state index < -0.39 is 6.10 Å². The SMILES string of the molecule is COc1c(C)cc(C(O)c2ccccc2SC)cc1C. The zero-order valence-corrected chi connectivity index (χ0v) is 13.1. The Morgan fingerprint density at radius 3 is 2.25 bits per heavy atom. The summed E-state index contributed by atoms with van der Waals surface area (Å²) >= 11 is 1.65. The molecule has 0 saturated heterocycles. The van der Waals surface area contributed by atoms with Crippen molar-refractivity contribution < 1.29 is 9.84 Å². The van der Waals surface area contributed by atoms with Gasteiger partial charge in [-0.25, -0.2) is 0 Å². The Balaban J connectivity index is 2.46. The Morgan fingerprint density at radius 1 is 1.10 bits per heavy atom. The number of ether oxygens (including phenoxy) is 1. The third kappa shape index (κ3) is 2.84. The van der Waals surface area contributed by atoms with Gasteiger partial charge in [-0.3, -0.25) is 0 Å². The van der Waals surface area contributed by atoms with Crippen molar-refractivity contribution in [2.24, 2.45) is 0 Å². The maximum Gasteiger partial charge on any atom is 0.124 e. The fourth-order valence-corrected chi connectivity index (χ4v) is 3.17. The van der Waals surface area contributed by atoms with Crippen molar-refractivity contribution in [3.63, 3.8) is 0 Å². The van der Waals surface area contributed by atoms with Crippen LogP contribution in [0.2, 0.25) is 0 Å². The van der Waals surface area contributed by atoms with Gasteiger partial charge in [-0.05, 0) is 60.6 Å². The molecule has 1 unspecified atom stereocenters. The standard InChI is InChI=1S/C17H20O2S/c1-11-9-13(10-12(2)17(11)19-3)16(18)14-7-5-6-8-15(14)20-4/h5-10,16,18H,1-4H3. The maximum atomic E-state index is 10.7. The molecular weight excluding hydrogens is 268 g/mol. The van der Waals surface area contributed by atoms with Crippen LogP contribution in [0.1, 0.15) is 28.4 Å². The number of aryl methyl sites for hydroxylation is 2. The lowest BCUT2D eigenvalue weighted by molar-refractivity contribution is 0.217. The van der Waals surface area contributed by atoms with Gasteiger partial charge < -0.3 is 9.84 Å². The highest BCUT2D eigenvalue weighted by Crippen LogP contribution is 2.33. The third-order valence-electron chi connectivity index (χ3n) is 3.44. The topological polar surface area (TPSA) is 29.5 Å². The van der Waals surface area contributed by atoms with Crippen LogP contribution in [-0.4, -0.2) is 18.5 Å². The fourth-order valence-electron chi connectivity index (χ4n) is 2.54. The third-order valence-corrected chi connectivity index (χ3v) is 4.25. The Kier molecular flexibility index (Phi) is 4.73. The normalized spacial score (nSPS) is 12.2. The van der Waals surface area contributed by atoms with Crippen molar-refractivity contribution in [3.05, 3.63) is 58.7 Å². The largest absolute Gasteiger partial charge is 0.496 e. The molecule has 1 atom stereocenters. The van der Waals surface area contributed by atoms with Gasteiger partial charge in [-0.2, -0.15) is 0 Å². The Labute approximate surface area is 124 Å². The van der Waals surface area contributed by atoms with Crippen LogP contribution in [0.5, 0.6) is 5.75 Å². The molecule has 0 fully saturated rings. The van der Waals surface area contributed by atoms with Crippen LogP contribution < -0.4 is 4.74 Å². The molecule has 0 spiro atoms. The van der Waals surface area contributed by atoms with E-state index in [2.05, 4.69) is 0 Å². The lowest BCUT2D eigenvalue weighted by atomic mass is 9.97. The first-order chi connectivity index (χ1) is 9.58. The van der Waals surface area contributed by atoms with E-state index in [1.807, 2.05) is 56.5 Å². The van der Waals surface area contributed by atoms with E-state index in [1.54, 1.807) is 18.9 Å². The first kappa shape index (κ1) is 14.9. The van der Waals surface area contributed by atoms with Gasteiger partial charge in [0.05, 0.1) is 7.11 Å². The van der Waals surface area contributed by atoms with Gasteiger partial charge in [0.15, 0.2) is 0 Å². The summed E-state index contributed by atoms with van der Waals surface area (Å²) in [7, 11) is 1.68. The van der Waals surface area contributed by atoms with Crippen LogP contribution in [-0.2, 0) is 0 Å². The van der Waals surface area contributed by atoms with Crippen molar-refractivity contribution in [2.75, 3.05) is 13.4 Å². The fraction of sp³-hybridized carbons (Fsp3) is 0.294. The maximum absolute atomic E-state index is 10.7. The second-order valence-corrected chi connectivity index (χ2v) is 5.68. The van der Waals surface area contributed by atoms with Crippen molar-refractivity contribution in [2.45, 2.75) is 24.8 Å². The zero-order chi connectivity index (χ0) is 14.7. The molecule has 0 aliphatic rings.